The Morgan fingerprint density at radius 3 is 2.25 bits per heavy atom. The van der Waals surface area contributed by atoms with Crippen molar-refractivity contribution in [3.63, 3.8) is 0 Å². The molecule has 0 aliphatic heterocycles. The summed E-state index contributed by atoms with van der Waals surface area (Å²) in [5.74, 6) is -2.22. The Morgan fingerprint density at radius 2 is 1.67 bits per heavy atom. The summed E-state index contributed by atoms with van der Waals surface area (Å²) in [5.41, 5.74) is 12.6. The summed E-state index contributed by atoms with van der Waals surface area (Å²) < 4.78 is 0. The van der Waals surface area contributed by atoms with E-state index in [1.807, 2.05) is 0 Å². The summed E-state index contributed by atoms with van der Waals surface area (Å²) >= 11 is 0. The third kappa shape index (κ3) is 4.62. The van der Waals surface area contributed by atoms with E-state index in [9.17, 15) is 14.4 Å². The van der Waals surface area contributed by atoms with Crippen LogP contribution in [0, 0.1) is 0 Å². The summed E-state index contributed by atoms with van der Waals surface area (Å²) in [6.07, 6.45) is 3.16. The number of pyridine rings is 1. The molecule has 2 rings (SSSR count). The van der Waals surface area contributed by atoms with Gasteiger partial charge in [0.05, 0.1) is 0 Å². The highest BCUT2D eigenvalue weighted by Gasteiger charge is 2.12. The van der Waals surface area contributed by atoms with Crippen LogP contribution in [0.2, 0.25) is 0 Å². The Hall–Kier alpha value is -3.26. The fourth-order valence-electron chi connectivity index (χ4n) is 1.93. The van der Waals surface area contributed by atoms with Crippen molar-refractivity contribution in [2.75, 3.05) is 11.9 Å². The number of nitrogens with one attached hydrogen (secondary N) is 2. The number of aromatic nitrogens is 1. The fraction of sp³-hybridized carbons (Fsp3) is 0.125. The van der Waals surface area contributed by atoms with Crippen LogP contribution < -0.4 is 22.1 Å². The van der Waals surface area contributed by atoms with E-state index in [1.54, 1.807) is 48.8 Å². The van der Waals surface area contributed by atoms with Gasteiger partial charge in [-0.3, -0.25) is 19.4 Å². The number of primary amides is 1. The topological polar surface area (TPSA) is 140 Å². The minimum absolute atomic E-state index is 0.0599. The monoisotopic (exact) mass is 327 g/mol. The predicted molar refractivity (Wildman–Crippen MR) is 87.8 cm³/mol. The number of carbonyl (C=O) groups is 3. The molecule has 3 amide bonds. The molecule has 0 aliphatic carbocycles. The van der Waals surface area contributed by atoms with E-state index >= 15 is 0 Å². The second kappa shape index (κ2) is 7.84. The van der Waals surface area contributed by atoms with E-state index in [1.165, 1.54) is 0 Å². The van der Waals surface area contributed by atoms with Crippen LogP contribution in [0.4, 0.5) is 5.69 Å². The highest BCUT2D eigenvalue weighted by molar-refractivity contribution is 6.34. The lowest BCUT2D eigenvalue weighted by molar-refractivity contribution is -0.137. The molecule has 1 unspecified atom stereocenters. The van der Waals surface area contributed by atoms with Gasteiger partial charge in [-0.05, 0) is 29.8 Å². The lowest BCUT2D eigenvalue weighted by Crippen LogP contribution is -2.39. The number of rotatable bonds is 5. The molecule has 1 atom stereocenters. The van der Waals surface area contributed by atoms with Gasteiger partial charge in [0.2, 0.25) is 0 Å². The smallest absolute Gasteiger partial charge is 0.309 e. The molecule has 124 valence electrons. The quantitative estimate of drug-likeness (QED) is 0.569. The van der Waals surface area contributed by atoms with Gasteiger partial charge in [-0.25, -0.2) is 0 Å². The molecule has 8 nitrogen and oxygen atoms in total. The van der Waals surface area contributed by atoms with Crippen LogP contribution in [-0.4, -0.2) is 29.3 Å². The van der Waals surface area contributed by atoms with E-state index in [0.717, 1.165) is 0 Å². The maximum Gasteiger partial charge on any atom is 0.309 e. The van der Waals surface area contributed by atoms with Crippen LogP contribution >= 0.6 is 0 Å². The minimum Gasteiger partial charge on any atom is -0.361 e. The first-order valence-corrected chi connectivity index (χ1v) is 7.12. The first kappa shape index (κ1) is 17.1. The summed E-state index contributed by atoms with van der Waals surface area (Å²) in [7, 11) is 0. The maximum absolute atomic E-state index is 12.1. The number of hydrogen-bond acceptors (Lipinski definition) is 5. The van der Waals surface area contributed by atoms with E-state index in [-0.39, 0.29) is 12.5 Å². The Balaban J connectivity index is 1.95. The Bertz CT molecular complexity index is 731. The molecule has 0 saturated carbocycles. The van der Waals surface area contributed by atoms with Gasteiger partial charge in [0, 0.05) is 36.2 Å². The van der Waals surface area contributed by atoms with Crippen molar-refractivity contribution >= 4 is 23.4 Å². The normalized spacial score (nSPS) is 11.4. The molecule has 0 aliphatic rings. The number of nitrogens with two attached hydrogens (primary N) is 2. The third-order valence-corrected chi connectivity index (χ3v) is 3.25. The Morgan fingerprint density at radius 1 is 1.04 bits per heavy atom. The molecule has 2 aromatic rings. The number of benzene rings is 1. The summed E-state index contributed by atoms with van der Waals surface area (Å²) in [6.45, 7) is 0.0599. The first-order chi connectivity index (χ1) is 11.5. The van der Waals surface area contributed by atoms with Gasteiger partial charge in [-0.2, -0.15) is 0 Å². The average Bonchev–Trinajstić information content (AvgIpc) is 2.60. The lowest BCUT2D eigenvalue weighted by Gasteiger charge is -2.13. The number of nitrogens with zero attached hydrogens (tertiary/aromatic N) is 1. The van der Waals surface area contributed by atoms with Crippen LogP contribution in [0.3, 0.4) is 0 Å². The molecule has 8 heteroatoms. The predicted octanol–water partition coefficient (Wildman–Crippen LogP) is -0.0648. The molecular weight excluding hydrogens is 310 g/mol. The average molecular weight is 327 g/mol. The summed E-state index contributed by atoms with van der Waals surface area (Å²) in [6, 6.07) is 9.47. The third-order valence-electron chi connectivity index (χ3n) is 3.25. The molecule has 6 N–H and O–H groups in total. The zero-order valence-electron chi connectivity index (χ0n) is 12.7. The van der Waals surface area contributed by atoms with Gasteiger partial charge in [0.1, 0.15) is 0 Å². The van der Waals surface area contributed by atoms with Crippen molar-refractivity contribution in [2.24, 2.45) is 11.5 Å². The zero-order valence-corrected chi connectivity index (χ0v) is 12.7. The van der Waals surface area contributed by atoms with Crippen molar-refractivity contribution in [1.29, 1.82) is 0 Å². The Labute approximate surface area is 138 Å². The van der Waals surface area contributed by atoms with E-state index in [0.29, 0.717) is 16.8 Å². The van der Waals surface area contributed by atoms with Gasteiger partial charge in [0.15, 0.2) is 0 Å². The maximum atomic E-state index is 12.1. The standard InChI is InChI=1S/C16H17N5O3/c17-13(9-20-16(24)14(18)22)10-1-3-11(4-2-10)15(23)21-12-5-7-19-8-6-12/h1-8,13H,9,17H2,(H2,18,22)(H,20,24)(H,19,21,23). The lowest BCUT2D eigenvalue weighted by atomic mass is 10.0. The van der Waals surface area contributed by atoms with Crippen molar-refractivity contribution in [2.45, 2.75) is 6.04 Å². The van der Waals surface area contributed by atoms with Gasteiger partial charge in [0.25, 0.3) is 5.91 Å². The van der Waals surface area contributed by atoms with E-state index in [4.69, 9.17) is 11.5 Å². The van der Waals surface area contributed by atoms with Crippen LogP contribution in [0.25, 0.3) is 0 Å². The molecule has 0 saturated heterocycles. The molecule has 24 heavy (non-hydrogen) atoms. The van der Waals surface area contributed by atoms with Crippen molar-refractivity contribution in [3.05, 3.63) is 59.9 Å². The van der Waals surface area contributed by atoms with E-state index < -0.39 is 17.9 Å². The summed E-state index contributed by atoms with van der Waals surface area (Å²) in [4.78, 5) is 37.7. The van der Waals surface area contributed by atoms with E-state index in [2.05, 4.69) is 15.6 Å². The number of hydrogen-bond donors (Lipinski definition) is 4. The second-order valence-electron chi connectivity index (χ2n) is 4.99. The fourth-order valence-corrected chi connectivity index (χ4v) is 1.93. The first-order valence-electron chi connectivity index (χ1n) is 7.12. The molecule has 0 fully saturated rings. The van der Waals surface area contributed by atoms with Crippen LogP contribution in [-0.2, 0) is 9.59 Å². The number of carbonyl (C=O) groups excluding carboxylic acids is 3. The Kier molecular flexibility index (Phi) is 5.58. The highest BCUT2D eigenvalue weighted by atomic mass is 16.2. The molecule has 0 spiro atoms. The molecule has 1 heterocycles. The summed E-state index contributed by atoms with van der Waals surface area (Å²) in [5, 5.41) is 5.07. The highest BCUT2D eigenvalue weighted by Crippen LogP contribution is 2.13. The molecule has 1 aromatic carbocycles. The van der Waals surface area contributed by atoms with Crippen molar-refractivity contribution in [1.82, 2.24) is 10.3 Å². The van der Waals surface area contributed by atoms with Gasteiger partial charge < -0.3 is 22.1 Å². The zero-order chi connectivity index (χ0) is 17.5. The van der Waals surface area contributed by atoms with Crippen LogP contribution in [0.15, 0.2) is 48.8 Å². The van der Waals surface area contributed by atoms with Gasteiger partial charge >= 0.3 is 11.8 Å². The van der Waals surface area contributed by atoms with Crippen LogP contribution in [0.5, 0.6) is 0 Å². The van der Waals surface area contributed by atoms with Gasteiger partial charge in [-0.1, -0.05) is 12.1 Å². The van der Waals surface area contributed by atoms with Crippen molar-refractivity contribution < 1.29 is 14.4 Å². The molecule has 0 bridgehead atoms. The minimum atomic E-state index is -1.06. The van der Waals surface area contributed by atoms with Crippen molar-refractivity contribution in [3.8, 4) is 0 Å². The number of anilines is 1. The molecule has 1 aromatic heterocycles. The SMILES string of the molecule is NC(=O)C(=O)NCC(N)c1ccc(C(=O)Nc2ccncc2)cc1. The van der Waals surface area contributed by atoms with Crippen LogP contribution in [0.1, 0.15) is 22.0 Å². The molecule has 0 radical (unpaired) electrons. The largest absolute Gasteiger partial charge is 0.361 e. The molecular formula is C16H17N5O3. The van der Waals surface area contributed by atoms with Gasteiger partial charge in [-0.15, -0.1) is 0 Å². The second-order valence-corrected chi connectivity index (χ2v) is 4.99. The number of amides is 3.